The van der Waals surface area contributed by atoms with Crippen LogP contribution in [0.1, 0.15) is 84.9 Å². The first kappa shape index (κ1) is 31.7. The monoisotopic (exact) mass is 598 g/mol. The number of allylic oxidation sites excluding steroid dienone is 4. The van der Waals surface area contributed by atoms with Crippen molar-refractivity contribution in [3.63, 3.8) is 0 Å². The van der Waals surface area contributed by atoms with E-state index in [-0.39, 0.29) is 28.6 Å². The molecule has 4 aromatic carbocycles. The van der Waals surface area contributed by atoms with Gasteiger partial charge in [-0.15, -0.1) is 0 Å². The summed E-state index contributed by atoms with van der Waals surface area (Å²) < 4.78 is 0. The highest BCUT2D eigenvalue weighted by molar-refractivity contribution is 6.51. The lowest BCUT2D eigenvalue weighted by Crippen LogP contribution is -2.31. The molecule has 6 heteroatoms. The molecular formula is C40H37B3O3. The summed E-state index contributed by atoms with van der Waals surface area (Å²) in [5, 5.41) is 33.5. The summed E-state index contributed by atoms with van der Waals surface area (Å²) in [5.41, 5.74) is 12.6. The Morgan fingerprint density at radius 3 is 2.30 bits per heavy atom. The van der Waals surface area contributed by atoms with Crippen molar-refractivity contribution < 1.29 is 15.3 Å². The standard InChI is InChI=1S/C40H37B3O3/c1-5-11-24-20-33(41)35(40(46)38(24)44)25-18-31-32(19-25)36(42)37(43)39(45)34(31)22(4)26(6-2)21(3)27-17-16-23-12-7-8-13-28(23)30-15-10-9-14-29(27)30/h7-10,12-15,18,20,27,44-46H,3,5-6,11,16-17,19H2,1-2,4H3/b26-22+. The van der Waals surface area contributed by atoms with Crippen molar-refractivity contribution in [1.29, 1.82) is 0 Å². The highest BCUT2D eigenvalue weighted by Crippen LogP contribution is 2.47. The SMILES string of the molecule is [B]c1cc(CCC)c(O)c(O)c1C1=Cc2c(c([B])c([B])c(O)c2/C(C)=C(\CC)C(=C)C2CCc3ccccc3-c3ccccc32)C1. The van der Waals surface area contributed by atoms with Gasteiger partial charge in [-0.3, -0.25) is 0 Å². The maximum absolute atomic E-state index is 11.6. The van der Waals surface area contributed by atoms with Crippen molar-refractivity contribution in [3.8, 4) is 28.4 Å². The van der Waals surface area contributed by atoms with Crippen LogP contribution in [-0.4, -0.2) is 38.9 Å². The Balaban J connectivity index is 1.49. The fourth-order valence-corrected chi connectivity index (χ4v) is 7.65. The summed E-state index contributed by atoms with van der Waals surface area (Å²) in [4.78, 5) is 0. The molecule has 3 N–H and O–H groups in total. The molecule has 6 radical (unpaired) electrons. The molecule has 0 heterocycles. The fraction of sp³-hybridized carbons (Fsp3) is 0.250. The first-order valence-electron chi connectivity index (χ1n) is 16.1. The molecule has 1 unspecified atom stereocenters. The van der Waals surface area contributed by atoms with E-state index in [9.17, 15) is 15.3 Å². The Bertz CT molecular complexity index is 1970. The molecule has 0 bridgehead atoms. The van der Waals surface area contributed by atoms with E-state index in [0.29, 0.717) is 52.5 Å². The second-order valence-corrected chi connectivity index (χ2v) is 12.6. The zero-order valence-electron chi connectivity index (χ0n) is 26.9. The van der Waals surface area contributed by atoms with Crippen LogP contribution >= 0.6 is 0 Å². The fourth-order valence-electron chi connectivity index (χ4n) is 7.65. The third kappa shape index (κ3) is 5.12. The number of hydrogen-bond donors (Lipinski definition) is 3. The van der Waals surface area contributed by atoms with Crippen molar-refractivity contribution >= 4 is 57.1 Å². The van der Waals surface area contributed by atoms with Crippen molar-refractivity contribution in [1.82, 2.24) is 0 Å². The van der Waals surface area contributed by atoms with Crippen molar-refractivity contribution in [2.75, 3.05) is 0 Å². The van der Waals surface area contributed by atoms with Gasteiger partial charge in [-0.05, 0) is 106 Å². The summed E-state index contributed by atoms with van der Waals surface area (Å²) >= 11 is 0. The van der Waals surface area contributed by atoms with Gasteiger partial charge in [0, 0.05) is 17.0 Å². The lowest BCUT2D eigenvalue weighted by molar-refractivity contribution is 0.398. The predicted molar refractivity (Wildman–Crippen MR) is 195 cm³/mol. The summed E-state index contributed by atoms with van der Waals surface area (Å²) in [7, 11) is 19.4. The number of phenolic OH excluding ortho intramolecular Hbond substituents is 3. The summed E-state index contributed by atoms with van der Waals surface area (Å²) in [6, 6.07) is 18.9. The largest absolute Gasteiger partial charge is 0.508 e. The average Bonchev–Trinajstić information content (AvgIpc) is 3.40. The molecule has 0 saturated carbocycles. The lowest BCUT2D eigenvalue weighted by atomic mass is 9.72. The minimum atomic E-state index is -0.247. The second-order valence-electron chi connectivity index (χ2n) is 12.6. The molecular weight excluding hydrogens is 561 g/mol. The molecule has 224 valence electrons. The first-order valence-corrected chi connectivity index (χ1v) is 16.1. The highest BCUT2D eigenvalue weighted by Gasteiger charge is 2.30. The summed E-state index contributed by atoms with van der Waals surface area (Å²) in [5.74, 6) is -0.396. The molecule has 0 saturated heterocycles. The minimum absolute atomic E-state index is 0.0722. The smallest absolute Gasteiger partial charge is 0.164 e. The number of rotatable bonds is 7. The van der Waals surface area contributed by atoms with Gasteiger partial charge in [0.05, 0.1) is 0 Å². The normalized spacial score (nSPS) is 15.7. The molecule has 0 fully saturated rings. The number of benzene rings is 4. The topological polar surface area (TPSA) is 60.7 Å². The Morgan fingerprint density at radius 2 is 1.59 bits per heavy atom. The molecule has 0 amide bonds. The molecule has 6 rings (SSSR count). The lowest BCUT2D eigenvalue weighted by Gasteiger charge is -2.26. The van der Waals surface area contributed by atoms with Crippen LogP contribution in [0, 0.1) is 0 Å². The van der Waals surface area contributed by atoms with Crippen molar-refractivity contribution in [3.05, 3.63) is 111 Å². The van der Waals surface area contributed by atoms with E-state index in [1.807, 2.05) is 19.9 Å². The van der Waals surface area contributed by atoms with E-state index >= 15 is 0 Å². The Morgan fingerprint density at radius 1 is 0.891 bits per heavy atom. The molecule has 2 aliphatic carbocycles. The quantitative estimate of drug-likeness (QED) is 0.132. The molecule has 0 aliphatic heterocycles. The maximum Gasteiger partial charge on any atom is 0.164 e. The zero-order valence-corrected chi connectivity index (χ0v) is 26.9. The van der Waals surface area contributed by atoms with Crippen LogP contribution in [0.25, 0.3) is 28.3 Å². The number of fused-ring (bicyclic) bond motifs is 4. The first-order chi connectivity index (χ1) is 22.1. The Kier molecular flexibility index (Phi) is 8.59. The summed E-state index contributed by atoms with van der Waals surface area (Å²) in [6.45, 7) is 10.8. The third-order valence-electron chi connectivity index (χ3n) is 9.95. The number of phenols is 3. The van der Waals surface area contributed by atoms with Crippen molar-refractivity contribution in [2.24, 2.45) is 0 Å². The minimum Gasteiger partial charge on any atom is -0.508 e. The third-order valence-corrected chi connectivity index (χ3v) is 9.95. The summed E-state index contributed by atoms with van der Waals surface area (Å²) in [6.07, 6.45) is 6.18. The average molecular weight is 598 g/mol. The van der Waals surface area contributed by atoms with E-state index in [1.165, 1.54) is 22.3 Å². The Labute approximate surface area is 276 Å². The van der Waals surface area contributed by atoms with E-state index in [2.05, 4.69) is 55.5 Å². The van der Waals surface area contributed by atoms with Crippen LogP contribution in [0.5, 0.6) is 17.2 Å². The van der Waals surface area contributed by atoms with Gasteiger partial charge in [0.15, 0.2) is 11.5 Å². The van der Waals surface area contributed by atoms with Crippen LogP contribution in [-0.2, 0) is 19.3 Å². The van der Waals surface area contributed by atoms with E-state index < -0.39 is 0 Å². The number of aromatic hydroxyl groups is 3. The van der Waals surface area contributed by atoms with E-state index in [4.69, 9.17) is 30.1 Å². The molecule has 2 aliphatic rings. The molecule has 0 spiro atoms. The van der Waals surface area contributed by atoms with Gasteiger partial charge in [0.2, 0.25) is 0 Å². The zero-order chi connectivity index (χ0) is 32.9. The predicted octanol–water partition coefficient (Wildman–Crippen LogP) is 6.37. The van der Waals surface area contributed by atoms with Crippen LogP contribution in [0.4, 0.5) is 0 Å². The van der Waals surface area contributed by atoms with Gasteiger partial charge < -0.3 is 15.3 Å². The molecule has 3 nitrogen and oxygen atoms in total. The highest BCUT2D eigenvalue weighted by atomic mass is 16.3. The Hall–Kier alpha value is -4.31. The van der Waals surface area contributed by atoms with Gasteiger partial charge in [-0.2, -0.15) is 0 Å². The molecule has 46 heavy (non-hydrogen) atoms. The maximum atomic E-state index is 11.6. The van der Waals surface area contributed by atoms with Gasteiger partial charge >= 0.3 is 0 Å². The van der Waals surface area contributed by atoms with E-state index in [1.54, 1.807) is 6.07 Å². The van der Waals surface area contributed by atoms with Gasteiger partial charge in [-0.25, -0.2) is 0 Å². The van der Waals surface area contributed by atoms with Gasteiger partial charge in [-0.1, -0.05) is 97.8 Å². The van der Waals surface area contributed by atoms with Gasteiger partial charge in [0.1, 0.15) is 29.3 Å². The van der Waals surface area contributed by atoms with Crippen molar-refractivity contribution in [2.45, 2.75) is 65.2 Å². The van der Waals surface area contributed by atoms with Crippen LogP contribution in [0.15, 0.2) is 72.3 Å². The number of hydrogen-bond acceptors (Lipinski definition) is 3. The van der Waals surface area contributed by atoms with E-state index in [0.717, 1.165) is 47.1 Å². The second kappa shape index (κ2) is 12.5. The van der Waals surface area contributed by atoms with Crippen LogP contribution < -0.4 is 16.4 Å². The van der Waals surface area contributed by atoms with Crippen LogP contribution in [0.2, 0.25) is 0 Å². The molecule has 1 atom stereocenters. The number of aryl methyl sites for hydroxylation is 2. The van der Waals surface area contributed by atoms with Crippen LogP contribution in [0.3, 0.4) is 0 Å². The molecule has 0 aromatic heterocycles. The van der Waals surface area contributed by atoms with Gasteiger partial charge in [0.25, 0.3) is 0 Å². The molecule has 4 aromatic rings.